The summed E-state index contributed by atoms with van der Waals surface area (Å²) in [5.74, 6) is 1.29. The van der Waals surface area contributed by atoms with Crippen molar-refractivity contribution < 1.29 is 9.18 Å². The molecule has 292 valence electrons. The molecule has 5 heteroatoms. The molecule has 0 unspecified atom stereocenters. The second kappa shape index (κ2) is 25.5. The quantitative estimate of drug-likeness (QED) is 0.112. The molecule has 0 spiro atoms. The maximum absolute atomic E-state index is 14.3. The minimum absolute atomic E-state index is 0.181. The van der Waals surface area contributed by atoms with Crippen molar-refractivity contribution in [1.82, 2.24) is 5.32 Å². The Kier molecular flexibility index (Phi) is 23.8. The maximum Gasteiger partial charge on any atom is 0.237 e. The second-order valence-electron chi connectivity index (χ2n) is 14.8. The Morgan fingerprint density at radius 3 is 2.12 bits per heavy atom. The molecule has 0 aromatic heterocycles. The smallest absolute Gasteiger partial charge is 0.237 e. The number of anilines is 1. The van der Waals surface area contributed by atoms with Gasteiger partial charge in [0, 0.05) is 23.6 Å². The highest BCUT2D eigenvalue weighted by atomic mass is 19.1. The van der Waals surface area contributed by atoms with E-state index >= 15 is 0 Å². The molecule has 1 N–H and O–H groups in total. The summed E-state index contributed by atoms with van der Waals surface area (Å²) in [6.07, 6.45) is 19.5. The number of rotatable bonds is 15. The Bertz CT molecular complexity index is 1410. The van der Waals surface area contributed by atoms with Crippen molar-refractivity contribution in [3.05, 3.63) is 95.3 Å². The van der Waals surface area contributed by atoms with Gasteiger partial charge in [-0.1, -0.05) is 132 Å². The fourth-order valence-electron chi connectivity index (χ4n) is 5.89. The zero-order valence-electron chi connectivity index (χ0n) is 35.8. The Morgan fingerprint density at radius 1 is 1.06 bits per heavy atom. The summed E-state index contributed by atoms with van der Waals surface area (Å²) in [5, 5.41) is 3.16. The molecule has 0 saturated heterocycles. The van der Waals surface area contributed by atoms with E-state index < -0.39 is 11.2 Å². The van der Waals surface area contributed by atoms with Gasteiger partial charge in [-0.15, -0.1) is 0 Å². The van der Waals surface area contributed by atoms with Gasteiger partial charge in [0.05, 0.1) is 16.8 Å². The largest absolute Gasteiger partial charge is 0.356 e. The van der Waals surface area contributed by atoms with E-state index in [0.717, 1.165) is 71.0 Å². The monoisotopic (exact) mass is 718 g/mol. The molecule has 52 heavy (non-hydrogen) atoms. The summed E-state index contributed by atoms with van der Waals surface area (Å²) in [4.78, 5) is 20.2. The summed E-state index contributed by atoms with van der Waals surface area (Å²) < 4.78 is 14.3. The van der Waals surface area contributed by atoms with Crippen molar-refractivity contribution in [3.63, 3.8) is 0 Å². The standard InChI is InChI=1S/C34H44FN3O.C7H16.C4H10.C2H6/c1-10-14-30(29(35)13-4)37-24(7)23(6)31(36-17-11-2)18-22(5)26-15-16-28-32(21-26)38(33(39)34(28,8)9)27-19-25(12-3)20-27;1-3-5-7-6-4-2;1-4(2)3;1-2/h10,13-18,21,25,27,37H,4-5,11-12,19-20H2,1-3,6-9H3;3-7H2,1-2H3;4H,1-3H3;1-2H3/b14-10-,24-23+,30-29-,31-18+,36-17?;;;. The first-order chi connectivity index (χ1) is 24.6. The lowest BCUT2D eigenvalue weighted by atomic mass is 9.77. The number of amides is 1. The number of hydrogen-bond donors (Lipinski definition) is 1. The molecule has 0 bridgehead atoms. The molecule has 1 aromatic carbocycles. The van der Waals surface area contributed by atoms with E-state index in [9.17, 15) is 9.18 Å². The third-order valence-electron chi connectivity index (χ3n) is 9.18. The first-order valence-corrected chi connectivity index (χ1v) is 20.2. The predicted molar refractivity (Wildman–Crippen MR) is 231 cm³/mol. The summed E-state index contributed by atoms with van der Waals surface area (Å²) >= 11 is 0. The Labute approximate surface area is 320 Å². The number of allylic oxidation sites excluding steroid dienone is 8. The van der Waals surface area contributed by atoms with Crippen LogP contribution in [0.25, 0.3) is 5.57 Å². The van der Waals surface area contributed by atoms with Crippen LogP contribution in [-0.2, 0) is 10.2 Å². The second-order valence-corrected chi connectivity index (χ2v) is 14.8. The minimum Gasteiger partial charge on any atom is -0.356 e. The lowest BCUT2D eigenvalue weighted by Crippen LogP contribution is -2.49. The maximum atomic E-state index is 14.3. The minimum atomic E-state index is -0.542. The van der Waals surface area contributed by atoms with Crippen molar-refractivity contribution in [2.24, 2.45) is 16.8 Å². The number of carbonyl (C=O) groups is 1. The Hall–Kier alpha value is -3.47. The zero-order valence-corrected chi connectivity index (χ0v) is 35.8. The highest BCUT2D eigenvalue weighted by molar-refractivity contribution is 6.08. The summed E-state index contributed by atoms with van der Waals surface area (Å²) in [7, 11) is 0. The predicted octanol–water partition coefficient (Wildman–Crippen LogP) is 14.4. The van der Waals surface area contributed by atoms with Gasteiger partial charge in [0.1, 0.15) is 5.83 Å². The van der Waals surface area contributed by atoms with Crippen LogP contribution in [0.2, 0.25) is 0 Å². The van der Waals surface area contributed by atoms with E-state index in [-0.39, 0.29) is 11.9 Å². The highest BCUT2D eigenvalue weighted by Gasteiger charge is 2.48. The SMILES string of the molecule is C=C/C(F)=C(\C=C/C)N/C(C)=C(C)/C(=C\C(=C)c1ccc2c(c1)N(C1CC(CC)C1)C(=O)C2(C)C)N=CCC.CC.CC(C)C.CCCCCCC. The molecule has 1 heterocycles. The van der Waals surface area contributed by atoms with Crippen LogP contribution in [0.5, 0.6) is 0 Å². The molecule has 1 aromatic rings. The lowest BCUT2D eigenvalue weighted by molar-refractivity contribution is -0.123. The van der Waals surface area contributed by atoms with Gasteiger partial charge in [-0.05, 0) is 112 Å². The molecule has 0 radical (unpaired) electrons. The van der Waals surface area contributed by atoms with E-state index in [1.807, 2.05) is 78.6 Å². The summed E-state index contributed by atoms with van der Waals surface area (Å²) in [6, 6.07) is 6.50. The van der Waals surface area contributed by atoms with Gasteiger partial charge < -0.3 is 10.2 Å². The number of halogens is 1. The van der Waals surface area contributed by atoms with Crippen LogP contribution in [-0.4, -0.2) is 18.2 Å². The number of hydrogen-bond acceptors (Lipinski definition) is 3. The molecule has 1 amide bonds. The lowest BCUT2D eigenvalue weighted by Gasteiger charge is -2.41. The molecule has 0 atom stereocenters. The average Bonchev–Trinajstić information content (AvgIpc) is 3.29. The van der Waals surface area contributed by atoms with E-state index in [1.165, 1.54) is 38.2 Å². The molecule has 1 aliphatic heterocycles. The molecule has 1 saturated carbocycles. The van der Waals surface area contributed by atoms with Crippen molar-refractivity contribution >= 4 is 23.4 Å². The van der Waals surface area contributed by atoms with Crippen LogP contribution in [0.4, 0.5) is 10.1 Å². The summed E-state index contributed by atoms with van der Waals surface area (Å²) in [5.41, 5.74) is 6.01. The first kappa shape index (κ1) is 48.5. The van der Waals surface area contributed by atoms with Crippen LogP contribution >= 0.6 is 0 Å². The van der Waals surface area contributed by atoms with Crippen LogP contribution in [0.1, 0.15) is 166 Å². The molecular weight excluding hydrogens is 642 g/mol. The Balaban J connectivity index is 0.00000172. The number of fused-ring (bicyclic) bond motifs is 1. The van der Waals surface area contributed by atoms with Gasteiger partial charge >= 0.3 is 0 Å². The summed E-state index contributed by atoms with van der Waals surface area (Å²) in [6.45, 7) is 36.9. The molecule has 3 rings (SSSR count). The third kappa shape index (κ3) is 14.9. The Morgan fingerprint density at radius 2 is 1.63 bits per heavy atom. The van der Waals surface area contributed by atoms with Gasteiger partial charge in [-0.25, -0.2) is 4.39 Å². The third-order valence-corrected chi connectivity index (χ3v) is 9.18. The van der Waals surface area contributed by atoms with E-state index in [0.29, 0.717) is 11.6 Å². The molecule has 2 aliphatic rings. The number of aliphatic imine (C=N–C) groups is 1. The fourth-order valence-corrected chi connectivity index (χ4v) is 5.89. The number of carbonyl (C=O) groups excluding carboxylic acids is 1. The van der Waals surface area contributed by atoms with E-state index in [4.69, 9.17) is 4.99 Å². The van der Waals surface area contributed by atoms with Crippen LogP contribution in [0, 0.1) is 11.8 Å². The normalized spacial score (nSPS) is 18.6. The van der Waals surface area contributed by atoms with E-state index in [2.05, 4.69) is 72.1 Å². The molecule has 1 fully saturated rings. The molecule has 4 nitrogen and oxygen atoms in total. The van der Waals surface area contributed by atoms with Gasteiger partial charge in [-0.2, -0.15) is 0 Å². The van der Waals surface area contributed by atoms with Gasteiger partial charge in [0.15, 0.2) is 0 Å². The van der Waals surface area contributed by atoms with Crippen LogP contribution in [0.15, 0.2) is 89.1 Å². The van der Waals surface area contributed by atoms with Gasteiger partial charge in [-0.3, -0.25) is 9.79 Å². The highest BCUT2D eigenvalue weighted by Crippen LogP contribution is 2.48. The number of benzene rings is 1. The first-order valence-electron chi connectivity index (χ1n) is 20.2. The average molecular weight is 718 g/mol. The zero-order chi connectivity index (χ0) is 40.0. The van der Waals surface area contributed by atoms with Gasteiger partial charge in [0.25, 0.3) is 0 Å². The topological polar surface area (TPSA) is 44.7 Å². The number of unbranched alkanes of at least 4 members (excludes halogenated alkanes) is 4. The van der Waals surface area contributed by atoms with Crippen LogP contribution < -0.4 is 10.2 Å². The number of nitrogens with one attached hydrogen (secondary N) is 1. The number of nitrogens with zero attached hydrogens (tertiary/aromatic N) is 2. The van der Waals surface area contributed by atoms with Gasteiger partial charge in [0.2, 0.25) is 5.91 Å². The fraction of sp³-hybridized carbons (Fsp3) is 0.574. The van der Waals surface area contributed by atoms with Crippen molar-refractivity contribution in [1.29, 1.82) is 0 Å². The van der Waals surface area contributed by atoms with E-state index in [1.54, 1.807) is 12.2 Å². The van der Waals surface area contributed by atoms with Crippen molar-refractivity contribution in [2.45, 2.75) is 166 Å². The van der Waals surface area contributed by atoms with Crippen LogP contribution in [0.3, 0.4) is 0 Å². The molecular formula is C47H76FN3O. The van der Waals surface area contributed by atoms with Crippen molar-refractivity contribution in [2.75, 3.05) is 4.90 Å². The molecule has 1 aliphatic carbocycles. The van der Waals surface area contributed by atoms with Crippen molar-refractivity contribution in [3.8, 4) is 0 Å².